The van der Waals surface area contributed by atoms with E-state index in [-0.39, 0.29) is 35.1 Å². The molecule has 4 aliphatic heterocycles. The number of carbonyl (C=O) groups is 3. The molecule has 4 saturated heterocycles. The van der Waals surface area contributed by atoms with Crippen molar-refractivity contribution < 1.29 is 29.0 Å². The van der Waals surface area contributed by atoms with Crippen LogP contribution in [-0.4, -0.2) is 124 Å². The third kappa shape index (κ3) is 5.73. The number of ether oxygens (including phenoxy) is 2. The molecular weight excluding hydrogens is 574 g/mol. The van der Waals surface area contributed by atoms with Crippen LogP contribution in [0.25, 0.3) is 0 Å². The minimum absolute atomic E-state index is 0.00340. The molecule has 0 aromatic heterocycles. The van der Waals surface area contributed by atoms with Gasteiger partial charge in [0.15, 0.2) is 0 Å². The lowest BCUT2D eigenvalue weighted by molar-refractivity contribution is -0.153. The zero-order valence-electron chi connectivity index (χ0n) is 22.0. The van der Waals surface area contributed by atoms with Gasteiger partial charge in [0.25, 0.3) is 0 Å². The van der Waals surface area contributed by atoms with Crippen LogP contribution in [0, 0.1) is 11.8 Å². The molecule has 4 rings (SSSR count). The first-order valence-corrected chi connectivity index (χ1v) is 15.4. The lowest BCUT2D eigenvalue weighted by Gasteiger charge is -2.38. The first kappa shape index (κ1) is 29.6. The van der Waals surface area contributed by atoms with Crippen LogP contribution >= 0.6 is 27.7 Å². The standard InChI is InChI=1S/C27H40BrN3O6S/c1-3-8-30(11-10-29-12-16-36-17-13-29)25(34)23-27-18-19(28)22(38-27)20(26(35)37-15-4-2)21(27)24(33)31(23)9-6-5-7-14-32/h3-4,19-23,32H,1-2,5-18H2/t19?,20-,21+,22-,23?,27?/m1/s1. The van der Waals surface area contributed by atoms with E-state index in [4.69, 9.17) is 9.47 Å². The third-order valence-corrected chi connectivity index (χ3v) is 11.4. The summed E-state index contributed by atoms with van der Waals surface area (Å²) in [6.45, 7) is 12.8. The number of nitrogens with zero attached hydrogens (tertiary/aromatic N) is 3. The fourth-order valence-electron chi connectivity index (χ4n) is 6.43. The molecule has 3 unspecified atom stereocenters. The quantitative estimate of drug-likeness (QED) is 0.137. The van der Waals surface area contributed by atoms with Gasteiger partial charge in [0, 0.05) is 56.0 Å². The van der Waals surface area contributed by atoms with Gasteiger partial charge in [0.05, 0.1) is 29.8 Å². The van der Waals surface area contributed by atoms with Crippen molar-refractivity contribution in [3.63, 3.8) is 0 Å². The topological polar surface area (TPSA) is 99.6 Å². The van der Waals surface area contributed by atoms with Gasteiger partial charge < -0.3 is 24.4 Å². The second kappa shape index (κ2) is 13.3. The average Bonchev–Trinajstić information content (AvgIpc) is 3.51. The molecule has 1 spiro atoms. The molecule has 0 aromatic carbocycles. The Morgan fingerprint density at radius 2 is 1.97 bits per heavy atom. The molecular formula is C27H40BrN3O6S. The average molecular weight is 615 g/mol. The molecule has 4 heterocycles. The number of unbranched alkanes of at least 4 members (excludes halogenated alkanes) is 2. The van der Waals surface area contributed by atoms with Crippen molar-refractivity contribution in [1.82, 2.24) is 14.7 Å². The highest BCUT2D eigenvalue weighted by atomic mass is 79.9. The summed E-state index contributed by atoms with van der Waals surface area (Å²) < 4.78 is 10.2. The Hall–Kier alpha value is -1.40. The maximum absolute atomic E-state index is 14.4. The number of morpholine rings is 1. The fraction of sp³-hybridized carbons (Fsp3) is 0.741. The maximum atomic E-state index is 14.4. The predicted octanol–water partition coefficient (Wildman–Crippen LogP) is 1.69. The number of aliphatic hydroxyl groups is 1. The van der Waals surface area contributed by atoms with Gasteiger partial charge in [0.2, 0.25) is 11.8 Å². The smallest absolute Gasteiger partial charge is 0.311 e. The monoisotopic (exact) mass is 613 g/mol. The van der Waals surface area contributed by atoms with E-state index in [1.54, 1.807) is 22.7 Å². The highest BCUT2D eigenvalue weighted by molar-refractivity contribution is 9.09. The van der Waals surface area contributed by atoms with Crippen LogP contribution in [0.15, 0.2) is 25.3 Å². The fourth-order valence-corrected chi connectivity index (χ4v) is 10.0. The summed E-state index contributed by atoms with van der Waals surface area (Å²) in [5.41, 5.74) is 0. The van der Waals surface area contributed by atoms with Crippen molar-refractivity contribution >= 4 is 45.5 Å². The van der Waals surface area contributed by atoms with Crippen LogP contribution in [-0.2, 0) is 23.9 Å². The Morgan fingerprint density at radius 3 is 2.66 bits per heavy atom. The molecule has 11 heteroatoms. The van der Waals surface area contributed by atoms with Crippen LogP contribution in [0.3, 0.4) is 0 Å². The molecule has 0 saturated carbocycles. The minimum Gasteiger partial charge on any atom is -0.461 e. The Morgan fingerprint density at radius 1 is 1.21 bits per heavy atom. The summed E-state index contributed by atoms with van der Waals surface area (Å²) in [7, 11) is 0. The van der Waals surface area contributed by atoms with E-state index in [2.05, 4.69) is 34.0 Å². The number of esters is 1. The van der Waals surface area contributed by atoms with Crippen LogP contribution in [0.1, 0.15) is 25.7 Å². The van der Waals surface area contributed by atoms with Gasteiger partial charge in [-0.05, 0) is 25.7 Å². The lowest BCUT2D eigenvalue weighted by Crippen LogP contribution is -2.56. The molecule has 2 bridgehead atoms. The first-order chi connectivity index (χ1) is 18.4. The van der Waals surface area contributed by atoms with Crippen molar-refractivity contribution in [2.45, 2.75) is 46.5 Å². The van der Waals surface area contributed by atoms with Crippen LogP contribution < -0.4 is 0 Å². The number of carbonyl (C=O) groups excluding carboxylic acids is 3. The van der Waals surface area contributed by atoms with E-state index < -0.39 is 28.6 Å². The highest BCUT2D eigenvalue weighted by Crippen LogP contribution is 2.68. The van der Waals surface area contributed by atoms with E-state index >= 15 is 0 Å². The predicted molar refractivity (Wildman–Crippen MR) is 150 cm³/mol. The third-order valence-electron chi connectivity index (χ3n) is 8.15. The summed E-state index contributed by atoms with van der Waals surface area (Å²) in [4.78, 5) is 47.5. The van der Waals surface area contributed by atoms with Crippen molar-refractivity contribution in [3.8, 4) is 0 Å². The van der Waals surface area contributed by atoms with Gasteiger partial charge >= 0.3 is 5.97 Å². The summed E-state index contributed by atoms with van der Waals surface area (Å²) in [6, 6.07) is -0.661. The van der Waals surface area contributed by atoms with E-state index in [1.165, 1.54) is 6.08 Å². The van der Waals surface area contributed by atoms with Crippen molar-refractivity contribution in [3.05, 3.63) is 25.3 Å². The molecule has 4 aliphatic rings. The van der Waals surface area contributed by atoms with Crippen molar-refractivity contribution in [2.75, 3.05) is 65.7 Å². The van der Waals surface area contributed by atoms with E-state index in [1.807, 2.05) is 4.90 Å². The molecule has 0 radical (unpaired) electrons. The molecule has 0 aromatic rings. The lowest BCUT2D eigenvalue weighted by atomic mass is 9.71. The number of amides is 2. The Balaban J connectivity index is 1.62. The number of thioether (sulfide) groups is 1. The minimum atomic E-state index is -0.694. The normalized spacial score (nSPS) is 32.3. The number of hydrogen-bond acceptors (Lipinski definition) is 8. The van der Waals surface area contributed by atoms with E-state index in [9.17, 15) is 19.5 Å². The molecule has 4 fully saturated rings. The number of alkyl halides is 1. The molecule has 38 heavy (non-hydrogen) atoms. The van der Waals surface area contributed by atoms with E-state index in [0.29, 0.717) is 52.1 Å². The Kier molecular flexibility index (Phi) is 10.4. The van der Waals surface area contributed by atoms with Crippen molar-refractivity contribution in [2.24, 2.45) is 11.8 Å². The van der Waals surface area contributed by atoms with Gasteiger partial charge in [-0.25, -0.2) is 0 Å². The molecule has 1 N–H and O–H groups in total. The molecule has 212 valence electrons. The number of fused-ring (bicyclic) bond motifs is 1. The molecule has 9 nitrogen and oxygen atoms in total. The zero-order chi connectivity index (χ0) is 27.3. The summed E-state index contributed by atoms with van der Waals surface area (Å²) in [5, 5.41) is 9.10. The highest BCUT2D eigenvalue weighted by Gasteiger charge is 2.76. The molecule has 2 amide bonds. The number of hydrogen-bond donors (Lipinski definition) is 1. The van der Waals surface area contributed by atoms with Gasteiger partial charge in [-0.2, -0.15) is 0 Å². The number of halogens is 1. The van der Waals surface area contributed by atoms with Crippen LogP contribution in [0.4, 0.5) is 0 Å². The summed E-state index contributed by atoms with van der Waals surface area (Å²) in [5.74, 6) is -1.81. The van der Waals surface area contributed by atoms with E-state index in [0.717, 1.165) is 26.1 Å². The second-order valence-corrected chi connectivity index (χ2v) is 13.1. The first-order valence-electron chi connectivity index (χ1n) is 13.6. The molecule has 6 atom stereocenters. The van der Waals surface area contributed by atoms with Crippen LogP contribution in [0.2, 0.25) is 0 Å². The Bertz CT molecular complexity index is 902. The Labute approximate surface area is 238 Å². The maximum Gasteiger partial charge on any atom is 0.311 e. The zero-order valence-corrected chi connectivity index (χ0v) is 24.4. The van der Waals surface area contributed by atoms with Crippen molar-refractivity contribution in [1.29, 1.82) is 0 Å². The summed E-state index contributed by atoms with van der Waals surface area (Å²) in [6.07, 6.45) is 5.99. The van der Waals surface area contributed by atoms with Crippen LogP contribution in [0.5, 0.6) is 0 Å². The van der Waals surface area contributed by atoms with Gasteiger partial charge in [-0.15, -0.1) is 18.3 Å². The largest absolute Gasteiger partial charge is 0.461 e. The molecule has 0 aliphatic carbocycles. The number of aliphatic hydroxyl groups excluding tert-OH is 1. The van der Waals surface area contributed by atoms with Gasteiger partial charge in [-0.1, -0.05) is 34.7 Å². The second-order valence-electron chi connectivity index (χ2n) is 10.4. The number of rotatable bonds is 14. The van der Waals surface area contributed by atoms with Gasteiger partial charge in [-0.3, -0.25) is 19.3 Å². The van der Waals surface area contributed by atoms with Gasteiger partial charge in [0.1, 0.15) is 12.6 Å². The SMILES string of the molecule is C=CCOC(=O)[C@H]1[C@@H]2SC3(CC2Br)C(C(=O)N(CC=C)CCN2CCOCC2)N(CCCCCO)C(=O)[C@H]13. The number of likely N-dealkylation sites (tertiary alicyclic amines) is 1. The summed E-state index contributed by atoms with van der Waals surface area (Å²) >= 11 is 5.40.